The van der Waals surface area contributed by atoms with Crippen LogP contribution < -0.4 is 10.6 Å². The van der Waals surface area contributed by atoms with Gasteiger partial charge in [-0.25, -0.2) is 9.98 Å². The quantitative estimate of drug-likeness (QED) is 0.544. The molecule has 0 radical (unpaired) electrons. The number of aliphatic imine (C=N–C) groups is 1. The molecule has 1 saturated heterocycles. The largest absolute Gasteiger partial charge is 0.388 e. The molecule has 130 valence electrons. The fourth-order valence-electron chi connectivity index (χ4n) is 2.33. The van der Waals surface area contributed by atoms with Crippen molar-refractivity contribution in [2.45, 2.75) is 51.7 Å². The highest BCUT2D eigenvalue weighted by atomic mass is 32.1. The third-order valence-corrected chi connectivity index (χ3v) is 4.74. The highest BCUT2D eigenvalue weighted by Gasteiger charge is 2.29. The second-order valence-corrected chi connectivity index (χ2v) is 7.15. The molecule has 0 aromatic carbocycles. The monoisotopic (exact) mass is 340 g/mol. The molecule has 3 N–H and O–H groups in total. The van der Waals surface area contributed by atoms with Crippen molar-refractivity contribution in [1.29, 1.82) is 0 Å². The number of aromatic nitrogens is 1. The minimum atomic E-state index is -0.708. The summed E-state index contributed by atoms with van der Waals surface area (Å²) < 4.78 is 5.31. The van der Waals surface area contributed by atoms with E-state index in [-0.39, 0.29) is 0 Å². The van der Waals surface area contributed by atoms with Gasteiger partial charge in [0.1, 0.15) is 5.01 Å². The third-order valence-electron chi connectivity index (χ3n) is 3.89. The maximum absolute atomic E-state index is 10.5. The van der Waals surface area contributed by atoms with Gasteiger partial charge < -0.3 is 20.5 Å². The highest BCUT2D eigenvalue weighted by molar-refractivity contribution is 7.09. The molecule has 6 nitrogen and oxygen atoms in total. The maximum Gasteiger partial charge on any atom is 0.191 e. The van der Waals surface area contributed by atoms with Gasteiger partial charge in [0.15, 0.2) is 5.96 Å². The molecule has 0 saturated carbocycles. The van der Waals surface area contributed by atoms with Gasteiger partial charge in [0.25, 0.3) is 0 Å². The summed E-state index contributed by atoms with van der Waals surface area (Å²) in [7, 11) is 0. The molecule has 0 bridgehead atoms. The van der Waals surface area contributed by atoms with Crippen molar-refractivity contribution in [2.24, 2.45) is 4.99 Å². The van der Waals surface area contributed by atoms with Gasteiger partial charge in [0.2, 0.25) is 0 Å². The van der Waals surface area contributed by atoms with Crippen LogP contribution in [0.5, 0.6) is 0 Å². The number of rotatable bonds is 6. The third kappa shape index (κ3) is 5.75. The molecule has 2 rings (SSSR count). The summed E-state index contributed by atoms with van der Waals surface area (Å²) in [5.74, 6) is 1.16. The van der Waals surface area contributed by atoms with Crippen LogP contribution >= 0.6 is 11.3 Å². The first-order valence-corrected chi connectivity index (χ1v) is 9.17. The Labute approximate surface area is 142 Å². The lowest BCUT2D eigenvalue weighted by Crippen LogP contribution is -2.49. The first-order chi connectivity index (χ1) is 11.0. The van der Waals surface area contributed by atoms with E-state index in [0.29, 0.717) is 51.0 Å². The summed E-state index contributed by atoms with van der Waals surface area (Å²) in [4.78, 5) is 9.17. The molecule has 7 heteroatoms. The van der Waals surface area contributed by atoms with E-state index in [1.165, 1.54) is 0 Å². The van der Waals surface area contributed by atoms with Crippen molar-refractivity contribution in [3.63, 3.8) is 0 Å². The van der Waals surface area contributed by atoms with Crippen LogP contribution in [-0.2, 0) is 11.3 Å². The van der Waals surface area contributed by atoms with Gasteiger partial charge >= 0.3 is 0 Å². The van der Waals surface area contributed by atoms with Crippen LogP contribution in [0.25, 0.3) is 0 Å². The van der Waals surface area contributed by atoms with Crippen molar-refractivity contribution < 1.29 is 9.84 Å². The molecule has 1 aromatic heterocycles. The Kier molecular flexibility index (Phi) is 6.80. The zero-order valence-electron chi connectivity index (χ0n) is 14.3. The van der Waals surface area contributed by atoms with Crippen molar-refractivity contribution in [1.82, 2.24) is 15.6 Å². The lowest BCUT2D eigenvalue weighted by molar-refractivity contribution is -0.0594. The van der Waals surface area contributed by atoms with Crippen LogP contribution in [0.2, 0.25) is 0 Å². The molecule has 1 aliphatic rings. The summed E-state index contributed by atoms with van der Waals surface area (Å²) in [5.41, 5.74) is 0.412. The van der Waals surface area contributed by atoms with E-state index in [1.54, 1.807) is 11.3 Å². The minimum absolute atomic E-state index is 0.443. The van der Waals surface area contributed by atoms with Gasteiger partial charge in [0, 0.05) is 44.5 Å². The minimum Gasteiger partial charge on any atom is -0.388 e. The Bertz CT molecular complexity index is 510. The average Bonchev–Trinajstić information content (AvgIpc) is 3.00. The van der Waals surface area contributed by atoms with Crippen LogP contribution in [0.1, 0.15) is 50.2 Å². The van der Waals surface area contributed by atoms with E-state index >= 15 is 0 Å². The molecule has 0 amide bonds. The second-order valence-electron chi connectivity index (χ2n) is 6.21. The lowest BCUT2D eigenvalue weighted by atomic mass is 9.94. The van der Waals surface area contributed by atoms with Crippen LogP contribution in [0.3, 0.4) is 0 Å². The highest BCUT2D eigenvalue weighted by Crippen LogP contribution is 2.20. The molecule has 0 spiro atoms. The Balaban J connectivity index is 1.90. The van der Waals surface area contributed by atoms with E-state index < -0.39 is 5.60 Å². The normalized spacial score (nSPS) is 18.2. The summed E-state index contributed by atoms with van der Waals surface area (Å²) >= 11 is 1.64. The van der Waals surface area contributed by atoms with Crippen LogP contribution in [0.4, 0.5) is 0 Å². The second kappa shape index (κ2) is 8.61. The van der Waals surface area contributed by atoms with Crippen molar-refractivity contribution >= 4 is 17.3 Å². The number of hydrogen-bond acceptors (Lipinski definition) is 5. The number of ether oxygens (including phenoxy) is 1. The zero-order valence-corrected chi connectivity index (χ0v) is 15.1. The molecule has 23 heavy (non-hydrogen) atoms. The van der Waals surface area contributed by atoms with Crippen molar-refractivity contribution in [2.75, 3.05) is 26.3 Å². The summed E-state index contributed by atoms with van der Waals surface area (Å²) in [6, 6.07) is 0. The number of thiazole rings is 1. The molecule has 1 aromatic rings. The van der Waals surface area contributed by atoms with Crippen LogP contribution in [0, 0.1) is 0 Å². The molecule has 1 fully saturated rings. The molecule has 0 aliphatic carbocycles. The number of nitrogens with zero attached hydrogens (tertiary/aromatic N) is 2. The van der Waals surface area contributed by atoms with Crippen LogP contribution in [-0.4, -0.2) is 48.0 Å². The van der Waals surface area contributed by atoms with E-state index in [1.807, 2.05) is 6.92 Å². The smallest absolute Gasteiger partial charge is 0.191 e. The predicted octanol–water partition coefficient (Wildman–Crippen LogP) is 1.86. The average molecular weight is 340 g/mol. The molecular weight excluding hydrogens is 312 g/mol. The van der Waals surface area contributed by atoms with Crippen LogP contribution in [0.15, 0.2) is 10.4 Å². The lowest BCUT2D eigenvalue weighted by Gasteiger charge is -2.32. The molecular formula is C16H28N4O2S. The number of nitrogens with one attached hydrogen (secondary N) is 2. The summed E-state index contributed by atoms with van der Waals surface area (Å²) in [6.45, 7) is 9.35. The van der Waals surface area contributed by atoms with Gasteiger partial charge in [-0.2, -0.15) is 0 Å². The number of hydrogen-bond donors (Lipinski definition) is 3. The Morgan fingerprint density at radius 3 is 2.78 bits per heavy atom. The molecule has 1 aliphatic heterocycles. The van der Waals surface area contributed by atoms with Crippen molar-refractivity contribution in [3.05, 3.63) is 16.1 Å². The van der Waals surface area contributed by atoms with Crippen molar-refractivity contribution in [3.8, 4) is 0 Å². The van der Waals surface area contributed by atoms with Gasteiger partial charge in [-0.05, 0) is 12.8 Å². The molecule has 0 atom stereocenters. The number of guanidine groups is 1. The predicted molar refractivity (Wildman–Crippen MR) is 94.0 cm³/mol. The first-order valence-electron chi connectivity index (χ1n) is 8.29. The maximum atomic E-state index is 10.5. The zero-order chi connectivity index (χ0) is 16.7. The Morgan fingerprint density at radius 1 is 1.43 bits per heavy atom. The summed E-state index contributed by atoms with van der Waals surface area (Å²) in [5, 5.41) is 20.1. The Morgan fingerprint density at radius 2 is 2.17 bits per heavy atom. The van der Waals surface area contributed by atoms with Gasteiger partial charge in [-0.15, -0.1) is 11.3 Å². The fraction of sp³-hybridized carbons (Fsp3) is 0.750. The van der Waals surface area contributed by atoms with Gasteiger partial charge in [-0.1, -0.05) is 13.8 Å². The SMILES string of the molecule is CCNC(=NCc1nc(C(C)C)cs1)NCC1(O)CCOCC1. The topological polar surface area (TPSA) is 78.8 Å². The molecule has 2 heterocycles. The van der Waals surface area contributed by atoms with Gasteiger partial charge in [0.05, 0.1) is 17.8 Å². The first kappa shape index (κ1) is 18.2. The molecule has 0 unspecified atom stereocenters. The van der Waals surface area contributed by atoms with E-state index in [4.69, 9.17) is 4.74 Å². The number of aliphatic hydroxyl groups is 1. The fourth-order valence-corrected chi connectivity index (χ4v) is 3.21. The van der Waals surface area contributed by atoms with E-state index in [2.05, 4.69) is 39.8 Å². The Hall–Kier alpha value is -1.18. The van der Waals surface area contributed by atoms with E-state index in [9.17, 15) is 5.11 Å². The summed E-state index contributed by atoms with van der Waals surface area (Å²) in [6.07, 6.45) is 1.31. The van der Waals surface area contributed by atoms with Gasteiger partial charge in [-0.3, -0.25) is 0 Å². The standard InChI is InChI=1S/C16H28N4O2S/c1-4-17-15(19-11-16(21)5-7-22-8-6-16)18-9-14-20-13(10-23-14)12(2)3/h10,12,21H,4-9,11H2,1-3H3,(H2,17,18,19). The van der Waals surface area contributed by atoms with E-state index in [0.717, 1.165) is 17.2 Å².